The van der Waals surface area contributed by atoms with E-state index in [1.165, 1.54) is 24.0 Å². The molecule has 0 aliphatic carbocycles. The summed E-state index contributed by atoms with van der Waals surface area (Å²) in [5.41, 5.74) is 4.31. The van der Waals surface area contributed by atoms with E-state index < -0.39 is 0 Å². The van der Waals surface area contributed by atoms with E-state index in [0.717, 1.165) is 30.5 Å². The van der Waals surface area contributed by atoms with Crippen LogP contribution in [0.25, 0.3) is 11.1 Å². The second-order valence-corrected chi connectivity index (χ2v) is 7.06. The van der Waals surface area contributed by atoms with Crippen LogP contribution in [0.1, 0.15) is 69.3 Å². The van der Waals surface area contributed by atoms with Crippen LogP contribution < -0.4 is 5.32 Å². The summed E-state index contributed by atoms with van der Waals surface area (Å²) >= 11 is 0. The zero-order chi connectivity index (χ0) is 18.9. The van der Waals surface area contributed by atoms with Crippen molar-refractivity contribution in [3.63, 3.8) is 0 Å². The number of carbonyl (C=O) groups is 1. The maximum absolute atomic E-state index is 12.6. The minimum atomic E-state index is 0.0612. The first kappa shape index (κ1) is 20.3. The number of benzene rings is 1. The van der Waals surface area contributed by atoms with Gasteiger partial charge in [0, 0.05) is 36.5 Å². The maximum atomic E-state index is 12.6. The van der Waals surface area contributed by atoms with Gasteiger partial charge in [0.1, 0.15) is 0 Å². The van der Waals surface area contributed by atoms with Crippen LogP contribution in [0.2, 0.25) is 0 Å². The average molecular weight is 353 g/mol. The minimum Gasteiger partial charge on any atom is -0.310 e. The van der Waals surface area contributed by atoms with Gasteiger partial charge in [-0.2, -0.15) is 0 Å². The normalized spacial score (nSPS) is 13.4. The molecule has 2 unspecified atom stereocenters. The Morgan fingerprint density at radius 2 is 1.81 bits per heavy atom. The van der Waals surface area contributed by atoms with E-state index in [1.807, 2.05) is 37.5 Å². The third-order valence-electron chi connectivity index (χ3n) is 5.15. The summed E-state index contributed by atoms with van der Waals surface area (Å²) in [6.45, 7) is 9.29. The van der Waals surface area contributed by atoms with E-state index in [1.54, 1.807) is 0 Å². The Morgan fingerprint density at radius 1 is 1.08 bits per heavy atom. The molecule has 1 aromatic carbocycles. The van der Waals surface area contributed by atoms with Crippen molar-refractivity contribution in [1.82, 2.24) is 10.3 Å². The maximum Gasteiger partial charge on any atom is 0.165 e. The van der Waals surface area contributed by atoms with Gasteiger partial charge in [-0.15, -0.1) is 0 Å². The van der Waals surface area contributed by atoms with Crippen LogP contribution in [0.3, 0.4) is 0 Å². The molecule has 0 spiro atoms. The number of aromatic nitrogens is 1. The van der Waals surface area contributed by atoms with Gasteiger partial charge in [-0.3, -0.25) is 9.78 Å². The molecule has 2 atom stereocenters. The molecule has 3 heteroatoms. The highest BCUT2D eigenvalue weighted by molar-refractivity contribution is 5.98. The van der Waals surface area contributed by atoms with E-state index >= 15 is 0 Å². The van der Waals surface area contributed by atoms with Crippen molar-refractivity contribution in [2.75, 3.05) is 0 Å². The van der Waals surface area contributed by atoms with Gasteiger partial charge < -0.3 is 5.32 Å². The lowest BCUT2D eigenvalue weighted by Crippen LogP contribution is -2.28. The molecule has 26 heavy (non-hydrogen) atoms. The highest BCUT2D eigenvalue weighted by atomic mass is 16.1. The molecule has 0 amide bonds. The Morgan fingerprint density at radius 3 is 2.42 bits per heavy atom. The largest absolute Gasteiger partial charge is 0.310 e. The number of rotatable bonds is 10. The number of ketones is 1. The van der Waals surface area contributed by atoms with Gasteiger partial charge in [0.25, 0.3) is 0 Å². The predicted molar refractivity (Wildman–Crippen MR) is 109 cm³/mol. The molecule has 0 saturated carbocycles. The van der Waals surface area contributed by atoms with Crippen LogP contribution >= 0.6 is 0 Å². The van der Waals surface area contributed by atoms with Gasteiger partial charge in [-0.25, -0.2) is 0 Å². The lowest BCUT2D eigenvalue weighted by molar-refractivity contribution is 0.0927. The summed E-state index contributed by atoms with van der Waals surface area (Å²) < 4.78 is 0. The first-order chi connectivity index (χ1) is 12.6. The molecule has 1 aromatic heterocycles. The fraction of sp³-hybridized carbons (Fsp3) is 0.478. The van der Waals surface area contributed by atoms with E-state index in [9.17, 15) is 4.79 Å². The lowest BCUT2D eigenvalue weighted by Gasteiger charge is -2.19. The molecule has 0 bridgehead atoms. The summed E-state index contributed by atoms with van der Waals surface area (Å²) in [4.78, 5) is 16.8. The van der Waals surface area contributed by atoms with E-state index in [0.29, 0.717) is 6.04 Å². The van der Waals surface area contributed by atoms with Crippen molar-refractivity contribution < 1.29 is 4.79 Å². The molecule has 1 N–H and O–H groups in total. The van der Waals surface area contributed by atoms with Gasteiger partial charge in [-0.05, 0) is 54.2 Å². The summed E-state index contributed by atoms with van der Waals surface area (Å²) in [6, 6.07) is 10.7. The smallest absolute Gasteiger partial charge is 0.165 e. The van der Waals surface area contributed by atoms with Gasteiger partial charge >= 0.3 is 0 Å². The standard InChI is InChI=1S/C23H32N2O/c1-5-8-21(7-3)25-16-20-15-19(23(26)17(4)6-2)9-10-22(20)18-11-13-24-14-12-18/h9-15,17,21,25H,5-8,16H2,1-4H3. The van der Waals surface area contributed by atoms with Crippen molar-refractivity contribution in [2.24, 2.45) is 5.92 Å². The van der Waals surface area contributed by atoms with Crippen molar-refractivity contribution in [2.45, 2.75) is 66.0 Å². The lowest BCUT2D eigenvalue weighted by atomic mass is 9.92. The van der Waals surface area contributed by atoms with Crippen molar-refractivity contribution >= 4 is 5.78 Å². The Kier molecular flexibility index (Phi) is 7.99. The Bertz CT molecular complexity index is 697. The predicted octanol–water partition coefficient (Wildman–Crippen LogP) is 5.65. The third kappa shape index (κ3) is 5.25. The van der Waals surface area contributed by atoms with Crippen LogP contribution in [0, 0.1) is 5.92 Å². The van der Waals surface area contributed by atoms with Crippen molar-refractivity contribution in [3.8, 4) is 11.1 Å². The number of nitrogens with zero attached hydrogens (tertiary/aromatic N) is 1. The second-order valence-electron chi connectivity index (χ2n) is 7.06. The third-order valence-corrected chi connectivity index (χ3v) is 5.15. The van der Waals surface area contributed by atoms with Gasteiger partial charge in [0.2, 0.25) is 0 Å². The Balaban J connectivity index is 2.34. The van der Waals surface area contributed by atoms with Crippen LogP contribution in [0.5, 0.6) is 0 Å². The minimum absolute atomic E-state index is 0.0612. The zero-order valence-corrected chi connectivity index (χ0v) is 16.6. The van der Waals surface area contributed by atoms with E-state index in [4.69, 9.17) is 0 Å². The van der Waals surface area contributed by atoms with E-state index in [2.05, 4.69) is 43.2 Å². The van der Waals surface area contributed by atoms with Crippen LogP contribution in [-0.2, 0) is 6.54 Å². The average Bonchev–Trinajstić information content (AvgIpc) is 2.70. The second kappa shape index (κ2) is 10.2. The topological polar surface area (TPSA) is 42.0 Å². The molecule has 2 rings (SSSR count). The molecule has 3 nitrogen and oxygen atoms in total. The van der Waals surface area contributed by atoms with Crippen molar-refractivity contribution in [1.29, 1.82) is 0 Å². The molecule has 1 heterocycles. The van der Waals surface area contributed by atoms with Crippen LogP contribution in [0.4, 0.5) is 0 Å². The summed E-state index contributed by atoms with van der Waals surface area (Å²) in [5.74, 6) is 0.293. The highest BCUT2D eigenvalue weighted by Crippen LogP contribution is 2.26. The first-order valence-corrected chi connectivity index (χ1v) is 9.91. The number of hydrogen-bond donors (Lipinski definition) is 1. The van der Waals surface area contributed by atoms with Gasteiger partial charge in [-0.1, -0.05) is 46.2 Å². The number of pyridine rings is 1. The molecule has 0 aliphatic heterocycles. The molecule has 2 aromatic rings. The fourth-order valence-electron chi connectivity index (χ4n) is 3.23. The number of Topliss-reactive ketones (excluding diaryl/α,β-unsaturated/α-hetero) is 1. The Labute approximate surface area is 158 Å². The quantitative estimate of drug-likeness (QED) is 0.562. The molecule has 0 fully saturated rings. The molecular formula is C23H32N2O. The SMILES string of the molecule is CCCC(CC)NCc1cc(C(=O)C(C)CC)ccc1-c1ccncc1. The van der Waals surface area contributed by atoms with Crippen LogP contribution in [0.15, 0.2) is 42.7 Å². The molecule has 0 saturated heterocycles. The fourth-order valence-corrected chi connectivity index (χ4v) is 3.23. The number of hydrogen-bond acceptors (Lipinski definition) is 3. The van der Waals surface area contributed by atoms with Gasteiger partial charge in [0.05, 0.1) is 0 Å². The molecular weight excluding hydrogens is 320 g/mol. The summed E-state index contributed by atoms with van der Waals surface area (Å²) in [6.07, 6.45) is 7.96. The number of carbonyl (C=O) groups excluding carboxylic acids is 1. The van der Waals surface area contributed by atoms with E-state index in [-0.39, 0.29) is 11.7 Å². The first-order valence-electron chi connectivity index (χ1n) is 9.91. The molecule has 140 valence electrons. The molecule has 0 radical (unpaired) electrons. The zero-order valence-electron chi connectivity index (χ0n) is 16.6. The van der Waals surface area contributed by atoms with Crippen LogP contribution in [-0.4, -0.2) is 16.8 Å². The van der Waals surface area contributed by atoms with Crippen molar-refractivity contribution in [3.05, 3.63) is 53.9 Å². The molecule has 0 aliphatic rings. The monoisotopic (exact) mass is 352 g/mol. The highest BCUT2D eigenvalue weighted by Gasteiger charge is 2.16. The van der Waals surface area contributed by atoms with Gasteiger partial charge in [0.15, 0.2) is 5.78 Å². The summed E-state index contributed by atoms with van der Waals surface area (Å²) in [5, 5.41) is 3.68. The number of nitrogens with one attached hydrogen (secondary N) is 1. The Hall–Kier alpha value is -2.00. The summed E-state index contributed by atoms with van der Waals surface area (Å²) in [7, 11) is 0.